The highest BCUT2D eigenvalue weighted by molar-refractivity contribution is 6.31. The second kappa shape index (κ2) is 7.66. The topological polar surface area (TPSA) is 52.7 Å². The predicted octanol–water partition coefficient (Wildman–Crippen LogP) is 2.80. The Kier molecular flexibility index (Phi) is 5.56. The van der Waals surface area contributed by atoms with E-state index in [2.05, 4.69) is 14.8 Å². The molecule has 1 aromatic heterocycles. The summed E-state index contributed by atoms with van der Waals surface area (Å²) in [7, 11) is 0. The van der Waals surface area contributed by atoms with Crippen LogP contribution in [0.5, 0.6) is 0 Å². The number of aryl methyl sites for hydroxylation is 2. The summed E-state index contributed by atoms with van der Waals surface area (Å²) in [6.07, 6.45) is -0.553. The van der Waals surface area contributed by atoms with Gasteiger partial charge in [0, 0.05) is 43.3 Å². The molecular weight excluding hydrogens is 326 g/mol. The van der Waals surface area contributed by atoms with Gasteiger partial charge in [-0.2, -0.15) is 0 Å². The van der Waals surface area contributed by atoms with Gasteiger partial charge >= 0.3 is 0 Å². The molecule has 0 amide bonds. The zero-order valence-electron chi connectivity index (χ0n) is 14.2. The summed E-state index contributed by atoms with van der Waals surface area (Å²) in [6.45, 7) is 8.98. The Labute approximate surface area is 147 Å². The summed E-state index contributed by atoms with van der Waals surface area (Å²) in [6, 6.07) is 7.49. The van der Waals surface area contributed by atoms with Crippen molar-refractivity contribution in [2.24, 2.45) is 0 Å². The number of piperazine rings is 1. The minimum atomic E-state index is -0.553. The van der Waals surface area contributed by atoms with E-state index in [0.29, 0.717) is 11.6 Å². The number of halogens is 1. The molecule has 6 heteroatoms. The van der Waals surface area contributed by atoms with E-state index >= 15 is 0 Å². The largest absolute Gasteiger partial charge is 0.444 e. The molecule has 1 aliphatic heterocycles. The van der Waals surface area contributed by atoms with Crippen LogP contribution in [0.3, 0.4) is 0 Å². The summed E-state index contributed by atoms with van der Waals surface area (Å²) < 4.78 is 5.66. The van der Waals surface area contributed by atoms with Crippen molar-refractivity contribution in [3.05, 3.63) is 52.2 Å². The number of rotatable bonds is 5. The van der Waals surface area contributed by atoms with Crippen LogP contribution in [0.2, 0.25) is 5.02 Å². The third-order valence-corrected chi connectivity index (χ3v) is 4.94. The fourth-order valence-corrected chi connectivity index (χ4v) is 3.28. The van der Waals surface area contributed by atoms with Gasteiger partial charge in [-0.15, -0.1) is 0 Å². The maximum Gasteiger partial charge on any atom is 0.208 e. The van der Waals surface area contributed by atoms with Crippen molar-refractivity contribution in [1.29, 1.82) is 0 Å². The van der Waals surface area contributed by atoms with Crippen molar-refractivity contribution in [3.8, 4) is 0 Å². The molecule has 5 nitrogen and oxygen atoms in total. The third kappa shape index (κ3) is 4.16. The first-order valence-corrected chi connectivity index (χ1v) is 8.71. The zero-order chi connectivity index (χ0) is 17.1. The lowest BCUT2D eigenvalue weighted by Crippen LogP contribution is -2.47. The molecular formula is C18H24ClN3O2. The van der Waals surface area contributed by atoms with Crippen LogP contribution in [-0.2, 0) is 6.54 Å². The Bertz CT molecular complexity index is 661. The van der Waals surface area contributed by atoms with Crippen molar-refractivity contribution >= 4 is 11.6 Å². The smallest absolute Gasteiger partial charge is 0.208 e. The number of hydrogen-bond donors (Lipinski definition) is 1. The molecule has 1 fully saturated rings. The first-order valence-electron chi connectivity index (χ1n) is 8.33. The van der Waals surface area contributed by atoms with Gasteiger partial charge in [-0.25, -0.2) is 4.98 Å². The Balaban J connectivity index is 1.49. The van der Waals surface area contributed by atoms with Crippen LogP contribution in [-0.4, -0.2) is 52.6 Å². The molecule has 1 aliphatic rings. The lowest BCUT2D eigenvalue weighted by Gasteiger charge is -2.35. The molecule has 0 radical (unpaired) electrons. The molecule has 0 spiro atoms. The van der Waals surface area contributed by atoms with E-state index < -0.39 is 6.10 Å². The van der Waals surface area contributed by atoms with Gasteiger partial charge in [0.25, 0.3) is 0 Å². The Morgan fingerprint density at radius 2 is 1.83 bits per heavy atom. The average Bonchev–Trinajstić information content (AvgIpc) is 2.87. The number of aliphatic hydroxyl groups excluding tert-OH is 1. The lowest BCUT2D eigenvalue weighted by molar-refractivity contribution is 0.0671. The predicted molar refractivity (Wildman–Crippen MR) is 94.1 cm³/mol. The highest BCUT2D eigenvalue weighted by atomic mass is 35.5. The molecule has 1 saturated heterocycles. The minimum Gasteiger partial charge on any atom is -0.444 e. The van der Waals surface area contributed by atoms with Gasteiger partial charge in [0.15, 0.2) is 0 Å². The van der Waals surface area contributed by atoms with E-state index in [9.17, 15) is 5.11 Å². The summed E-state index contributed by atoms with van der Waals surface area (Å²) >= 11 is 6.16. The normalized spacial score (nSPS) is 18.0. The van der Waals surface area contributed by atoms with Gasteiger partial charge in [0.05, 0.1) is 18.3 Å². The van der Waals surface area contributed by atoms with E-state index in [1.165, 1.54) is 0 Å². The van der Waals surface area contributed by atoms with E-state index in [-0.39, 0.29) is 0 Å². The van der Waals surface area contributed by atoms with Crippen molar-refractivity contribution in [1.82, 2.24) is 14.8 Å². The van der Waals surface area contributed by atoms with Crippen molar-refractivity contribution in [3.63, 3.8) is 0 Å². The highest BCUT2D eigenvalue weighted by Gasteiger charge is 2.22. The second-order valence-electron chi connectivity index (χ2n) is 6.36. The highest BCUT2D eigenvalue weighted by Crippen LogP contribution is 2.23. The molecule has 1 atom stereocenters. The maximum atomic E-state index is 10.4. The van der Waals surface area contributed by atoms with Gasteiger partial charge < -0.3 is 9.52 Å². The zero-order valence-corrected chi connectivity index (χ0v) is 15.0. The lowest BCUT2D eigenvalue weighted by atomic mass is 10.1. The Morgan fingerprint density at radius 1 is 1.17 bits per heavy atom. The molecule has 1 unspecified atom stereocenters. The molecule has 130 valence electrons. The first kappa shape index (κ1) is 17.4. The fraction of sp³-hybridized carbons (Fsp3) is 0.500. The number of β-amino-alcohol motifs (C(OH)–C–C–N with tert-alkyl or cyclic N) is 1. The Hall–Kier alpha value is -1.40. The number of aromatic nitrogens is 1. The van der Waals surface area contributed by atoms with E-state index in [1.807, 2.05) is 38.1 Å². The fourth-order valence-electron chi connectivity index (χ4n) is 3.02. The van der Waals surface area contributed by atoms with Crippen molar-refractivity contribution in [2.75, 3.05) is 32.7 Å². The van der Waals surface area contributed by atoms with Crippen LogP contribution in [0.4, 0.5) is 0 Å². The number of benzene rings is 1. The van der Waals surface area contributed by atoms with Crippen molar-refractivity contribution < 1.29 is 9.52 Å². The molecule has 1 aromatic carbocycles. The maximum absolute atomic E-state index is 10.4. The van der Waals surface area contributed by atoms with Crippen LogP contribution in [0.1, 0.15) is 29.0 Å². The van der Waals surface area contributed by atoms with Gasteiger partial charge in [-0.05, 0) is 19.9 Å². The SMILES string of the molecule is Cc1nc(CN2CCN(CC(O)c3ccccc3Cl)CC2)oc1C. The quantitative estimate of drug-likeness (QED) is 0.899. The summed E-state index contributed by atoms with van der Waals surface area (Å²) in [5, 5.41) is 11.0. The van der Waals surface area contributed by atoms with E-state index in [4.69, 9.17) is 16.0 Å². The first-order chi connectivity index (χ1) is 11.5. The van der Waals surface area contributed by atoms with Gasteiger partial charge in [-0.1, -0.05) is 29.8 Å². The van der Waals surface area contributed by atoms with E-state index in [0.717, 1.165) is 55.6 Å². The van der Waals surface area contributed by atoms with Crippen LogP contribution >= 0.6 is 11.6 Å². The molecule has 1 N–H and O–H groups in total. The number of aliphatic hydroxyl groups is 1. The number of hydrogen-bond acceptors (Lipinski definition) is 5. The summed E-state index contributed by atoms with van der Waals surface area (Å²) in [4.78, 5) is 9.06. The minimum absolute atomic E-state index is 0.553. The molecule has 0 bridgehead atoms. The van der Waals surface area contributed by atoms with Crippen LogP contribution in [0.15, 0.2) is 28.7 Å². The van der Waals surface area contributed by atoms with Crippen molar-refractivity contribution in [2.45, 2.75) is 26.5 Å². The third-order valence-electron chi connectivity index (χ3n) is 4.59. The van der Waals surface area contributed by atoms with Crippen LogP contribution in [0.25, 0.3) is 0 Å². The number of oxazole rings is 1. The van der Waals surface area contributed by atoms with Gasteiger partial charge in [0.1, 0.15) is 5.76 Å². The molecule has 2 aromatic rings. The monoisotopic (exact) mass is 349 g/mol. The van der Waals surface area contributed by atoms with Crippen LogP contribution in [0, 0.1) is 13.8 Å². The van der Waals surface area contributed by atoms with E-state index in [1.54, 1.807) is 0 Å². The summed E-state index contributed by atoms with van der Waals surface area (Å²) in [5.41, 5.74) is 1.76. The van der Waals surface area contributed by atoms with Gasteiger partial charge in [-0.3, -0.25) is 9.80 Å². The molecule has 0 aliphatic carbocycles. The second-order valence-corrected chi connectivity index (χ2v) is 6.77. The van der Waals surface area contributed by atoms with Gasteiger partial charge in [0.2, 0.25) is 5.89 Å². The average molecular weight is 350 g/mol. The summed E-state index contributed by atoms with van der Waals surface area (Å²) in [5.74, 6) is 1.68. The van der Waals surface area contributed by atoms with Crippen LogP contribution < -0.4 is 0 Å². The molecule has 3 rings (SSSR count). The Morgan fingerprint density at radius 3 is 2.46 bits per heavy atom. The molecule has 2 heterocycles. The molecule has 24 heavy (non-hydrogen) atoms. The standard InChI is InChI=1S/C18H24ClN3O2/c1-13-14(2)24-18(20-13)12-22-9-7-21(8-10-22)11-17(23)15-5-3-4-6-16(15)19/h3-6,17,23H,7-12H2,1-2H3. The number of nitrogens with zero attached hydrogens (tertiary/aromatic N) is 3. The molecule has 0 saturated carbocycles.